The van der Waals surface area contributed by atoms with E-state index < -0.39 is 5.82 Å². The fourth-order valence-corrected chi connectivity index (χ4v) is 2.37. The Morgan fingerprint density at radius 3 is 2.11 bits per heavy atom. The zero-order valence-corrected chi connectivity index (χ0v) is 12.2. The van der Waals surface area contributed by atoms with Crippen LogP contribution in [0.4, 0.5) is 8.78 Å². The molecule has 1 atom stereocenters. The van der Waals surface area contributed by atoms with Gasteiger partial charge in [-0.25, -0.2) is 8.78 Å². The molecule has 0 spiro atoms. The van der Waals surface area contributed by atoms with Crippen molar-refractivity contribution in [2.24, 2.45) is 0 Å². The molecule has 2 aromatic carbocycles. The smallest absolute Gasteiger partial charge is 0.165 e. The van der Waals surface area contributed by atoms with E-state index in [1.54, 1.807) is 25.1 Å². The molecule has 100 valence electrons. The van der Waals surface area contributed by atoms with E-state index >= 15 is 0 Å². The Morgan fingerprint density at radius 1 is 1.00 bits per heavy atom. The average Bonchev–Trinajstić information content (AvgIpc) is 2.41. The molecule has 0 saturated heterocycles. The molecule has 0 N–H and O–H groups in total. The molecule has 0 saturated carbocycles. The van der Waals surface area contributed by atoms with Crippen molar-refractivity contribution in [2.75, 3.05) is 7.11 Å². The molecule has 2 aromatic rings. The molecule has 0 aliphatic heterocycles. The van der Waals surface area contributed by atoms with Gasteiger partial charge in [-0.3, -0.25) is 0 Å². The van der Waals surface area contributed by atoms with Crippen molar-refractivity contribution >= 4 is 15.9 Å². The third-order valence-electron chi connectivity index (χ3n) is 2.96. The zero-order valence-electron chi connectivity index (χ0n) is 10.6. The van der Waals surface area contributed by atoms with Crippen molar-refractivity contribution in [2.45, 2.75) is 11.8 Å². The van der Waals surface area contributed by atoms with Gasteiger partial charge in [0.25, 0.3) is 0 Å². The molecule has 2 rings (SSSR count). The molecule has 0 aliphatic rings. The highest BCUT2D eigenvalue weighted by Gasteiger charge is 2.14. The van der Waals surface area contributed by atoms with Gasteiger partial charge in [0, 0.05) is 0 Å². The Hall–Kier alpha value is -1.42. The Morgan fingerprint density at radius 2 is 1.58 bits per heavy atom. The van der Waals surface area contributed by atoms with Crippen LogP contribution in [-0.4, -0.2) is 7.11 Å². The van der Waals surface area contributed by atoms with E-state index in [-0.39, 0.29) is 16.4 Å². The third-order valence-corrected chi connectivity index (χ3v) is 4.01. The lowest BCUT2D eigenvalue weighted by atomic mass is 10.0. The summed E-state index contributed by atoms with van der Waals surface area (Å²) >= 11 is 3.46. The minimum absolute atomic E-state index is 0.193. The van der Waals surface area contributed by atoms with Gasteiger partial charge >= 0.3 is 0 Å². The second-order valence-electron chi connectivity index (χ2n) is 4.27. The summed E-state index contributed by atoms with van der Waals surface area (Å²) in [7, 11) is 1.42. The fraction of sp³-hybridized carbons (Fsp3) is 0.200. The highest BCUT2D eigenvalue weighted by molar-refractivity contribution is 9.09. The van der Waals surface area contributed by atoms with Crippen molar-refractivity contribution in [3.05, 3.63) is 64.7 Å². The number of benzene rings is 2. The van der Waals surface area contributed by atoms with Crippen molar-refractivity contribution < 1.29 is 13.5 Å². The maximum Gasteiger partial charge on any atom is 0.165 e. The van der Waals surface area contributed by atoms with Crippen LogP contribution in [0, 0.1) is 18.6 Å². The standard InChI is InChI=1S/C15H13BrF2O/c1-9-3-4-10(7-12(9)17)15(16)11-5-6-14(19-2)13(18)8-11/h3-8,15H,1-2H3. The lowest BCUT2D eigenvalue weighted by Gasteiger charge is -2.13. The fourth-order valence-electron chi connectivity index (χ4n) is 1.80. The van der Waals surface area contributed by atoms with Crippen molar-refractivity contribution in [1.29, 1.82) is 0 Å². The Bertz CT molecular complexity index is 599. The van der Waals surface area contributed by atoms with Crippen LogP contribution in [0.2, 0.25) is 0 Å². The molecule has 0 aliphatic carbocycles. The molecule has 0 aromatic heterocycles. The van der Waals surface area contributed by atoms with Gasteiger partial charge in [0.05, 0.1) is 11.9 Å². The van der Waals surface area contributed by atoms with E-state index in [1.807, 2.05) is 6.07 Å². The summed E-state index contributed by atoms with van der Waals surface area (Å²) in [5.41, 5.74) is 2.04. The molecule has 0 radical (unpaired) electrons. The van der Waals surface area contributed by atoms with Crippen LogP contribution in [0.1, 0.15) is 21.5 Å². The molecule has 4 heteroatoms. The van der Waals surface area contributed by atoms with Gasteiger partial charge in [-0.05, 0) is 41.8 Å². The van der Waals surface area contributed by atoms with E-state index in [0.29, 0.717) is 11.1 Å². The minimum Gasteiger partial charge on any atom is -0.494 e. The van der Waals surface area contributed by atoms with Crippen LogP contribution < -0.4 is 4.74 Å². The van der Waals surface area contributed by atoms with Gasteiger partial charge in [-0.1, -0.05) is 34.1 Å². The summed E-state index contributed by atoms with van der Waals surface area (Å²) in [5.74, 6) is -0.508. The first-order valence-electron chi connectivity index (χ1n) is 5.76. The lowest BCUT2D eigenvalue weighted by molar-refractivity contribution is 0.386. The monoisotopic (exact) mass is 326 g/mol. The summed E-state index contributed by atoms with van der Waals surface area (Å²) in [5, 5.41) is 0. The van der Waals surface area contributed by atoms with Crippen LogP contribution in [0.15, 0.2) is 36.4 Å². The summed E-state index contributed by atoms with van der Waals surface area (Å²) < 4.78 is 32.1. The van der Waals surface area contributed by atoms with Crippen LogP contribution in [0.25, 0.3) is 0 Å². The molecular formula is C15H13BrF2O. The number of halogens is 3. The zero-order chi connectivity index (χ0) is 14.0. The Kier molecular flexibility index (Phi) is 4.20. The van der Waals surface area contributed by atoms with Crippen molar-refractivity contribution in [1.82, 2.24) is 0 Å². The highest BCUT2D eigenvalue weighted by Crippen LogP contribution is 2.33. The van der Waals surface area contributed by atoms with Gasteiger partial charge in [-0.2, -0.15) is 0 Å². The van der Waals surface area contributed by atoms with Crippen molar-refractivity contribution in [3.63, 3.8) is 0 Å². The predicted molar refractivity (Wildman–Crippen MR) is 74.9 cm³/mol. The SMILES string of the molecule is COc1ccc(C(Br)c2ccc(C)c(F)c2)cc1F. The normalized spacial score (nSPS) is 12.3. The van der Waals surface area contributed by atoms with Crippen LogP contribution >= 0.6 is 15.9 Å². The number of ether oxygens (including phenoxy) is 1. The minimum atomic E-state index is -0.433. The van der Waals surface area contributed by atoms with Gasteiger partial charge in [0.1, 0.15) is 5.82 Å². The van der Waals surface area contributed by atoms with Gasteiger partial charge < -0.3 is 4.74 Å². The van der Waals surface area contributed by atoms with Gasteiger partial charge in [0.2, 0.25) is 0 Å². The lowest BCUT2D eigenvalue weighted by Crippen LogP contribution is -1.97. The molecular weight excluding hydrogens is 314 g/mol. The first kappa shape index (κ1) is 14.0. The Labute approximate surface area is 119 Å². The highest BCUT2D eigenvalue weighted by atomic mass is 79.9. The third kappa shape index (κ3) is 2.95. The summed E-state index contributed by atoms with van der Waals surface area (Å²) in [6.45, 7) is 1.70. The first-order valence-corrected chi connectivity index (χ1v) is 6.68. The number of alkyl halides is 1. The largest absolute Gasteiger partial charge is 0.494 e. The molecule has 0 heterocycles. The van der Waals surface area contributed by atoms with Crippen LogP contribution in [-0.2, 0) is 0 Å². The molecule has 0 bridgehead atoms. The number of methoxy groups -OCH3 is 1. The maximum absolute atomic E-state index is 13.7. The van der Waals surface area contributed by atoms with Crippen LogP contribution in [0.3, 0.4) is 0 Å². The van der Waals surface area contributed by atoms with Gasteiger partial charge in [-0.15, -0.1) is 0 Å². The second-order valence-corrected chi connectivity index (χ2v) is 5.18. The van der Waals surface area contributed by atoms with E-state index in [2.05, 4.69) is 15.9 Å². The molecule has 1 unspecified atom stereocenters. The van der Waals surface area contributed by atoms with Gasteiger partial charge in [0.15, 0.2) is 11.6 Å². The number of hydrogen-bond donors (Lipinski definition) is 0. The summed E-state index contributed by atoms with van der Waals surface area (Å²) in [6.07, 6.45) is 0. The summed E-state index contributed by atoms with van der Waals surface area (Å²) in [6, 6.07) is 9.67. The Balaban J connectivity index is 2.35. The van der Waals surface area contributed by atoms with E-state index in [4.69, 9.17) is 4.74 Å². The molecule has 0 fully saturated rings. The molecule has 1 nitrogen and oxygen atoms in total. The number of hydrogen-bond acceptors (Lipinski definition) is 1. The topological polar surface area (TPSA) is 9.23 Å². The quantitative estimate of drug-likeness (QED) is 0.738. The predicted octanol–water partition coefficient (Wildman–Crippen LogP) is 4.77. The average molecular weight is 327 g/mol. The molecule has 19 heavy (non-hydrogen) atoms. The second kappa shape index (κ2) is 5.70. The number of rotatable bonds is 3. The molecule has 0 amide bonds. The number of aryl methyl sites for hydroxylation is 1. The van der Waals surface area contributed by atoms with Crippen molar-refractivity contribution in [3.8, 4) is 5.75 Å². The van der Waals surface area contributed by atoms with E-state index in [9.17, 15) is 8.78 Å². The summed E-state index contributed by atoms with van der Waals surface area (Å²) in [4.78, 5) is -0.261. The van der Waals surface area contributed by atoms with E-state index in [0.717, 1.165) is 5.56 Å². The first-order chi connectivity index (χ1) is 9.02. The van der Waals surface area contributed by atoms with Crippen LogP contribution in [0.5, 0.6) is 5.75 Å². The maximum atomic E-state index is 13.7. The van der Waals surface area contributed by atoms with E-state index in [1.165, 1.54) is 19.2 Å².